The van der Waals surface area contributed by atoms with E-state index in [2.05, 4.69) is 10.3 Å². The minimum atomic E-state index is -3.20. The largest absolute Gasteiger partial charge is 0.487 e. The molecule has 1 saturated heterocycles. The second-order valence-electron chi connectivity index (χ2n) is 8.02. The SMILES string of the molecule is CCS(=O)(=O)N1CCC2(CC1)C[C@H](CC(=O)Nc1cccnc1)c1ccccc1O2. The summed E-state index contributed by atoms with van der Waals surface area (Å²) in [4.78, 5) is 16.8. The number of hydrogen-bond acceptors (Lipinski definition) is 5. The first-order valence-electron chi connectivity index (χ1n) is 10.4. The summed E-state index contributed by atoms with van der Waals surface area (Å²) in [6.07, 6.45) is 5.58. The Bertz CT molecular complexity index is 1000. The third-order valence-corrected chi connectivity index (χ3v) is 7.95. The van der Waals surface area contributed by atoms with E-state index in [1.807, 2.05) is 30.3 Å². The number of pyridine rings is 1. The van der Waals surface area contributed by atoms with Gasteiger partial charge in [-0.1, -0.05) is 18.2 Å². The molecule has 0 saturated carbocycles. The van der Waals surface area contributed by atoms with Crippen LogP contribution in [0.2, 0.25) is 0 Å². The minimum Gasteiger partial charge on any atom is -0.487 e. The van der Waals surface area contributed by atoms with Gasteiger partial charge in [-0.3, -0.25) is 9.78 Å². The number of fused-ring (bicyclic) bond motifs is 1. The van der Waals surface area contributed by atoms with Crippen LogP contribution in [0.25, 0.3) is 0 Å². The fourth-order valence-electron chi connectivity index (χ4n) is 4.46. The first kappa shape index (κ1) is 20.8. The lowest BCUT2D eigenvalue weighted by Crippen LogP contribution is -2.52. The van der Waals surface area contributed by atoms with E-state index in [-0.39, 0.29) is 17.6 Å². The number of hydrogen-bond donors (Lipinski definition) is 1. The van der Waals surface area contributed by atoms with E-state index in [9.17, 15) is 13.2 Å². The predicted octanol–water partition coefficient (Wildman–Crippen LogP) is 3.16. The third-order valence-electron chi connectivity index (χ3n) is 6.07. The smallest absolute Gasteiger partial charge is 0.225 e. The molecule has 160 valence electrons. The molecule has 1 amide bonds. The summed E-state index contributed by atoms with van der Waals surface area (Å²) in [5.41, 5.74) is 1.27. The van der Waals surface area contributed by atoms with Crippen LogP contribution in [0.4, 0.5) is 5.69 Å². The van der Waals surface area contributed by atoms with Gasteiger partial charge in [0.2, 0.25) is 15.9 Å². The van der Waals surface area contributed by atoms with Crippen LogP contribution in [-0.4, -0.2) is 48.1 Å². The summed E-state index contributed by atoms with van der Waals surface area (Å²) in [6, 6.07) is 11.4. The Labute approximate surface area is 177 Å². The van der Waals surface area contributed by atoms with Gasteiger partial charge in [0.1, 0.15) is 11.4 Å². The van der Waals surface area contributed by atoms with Crippen LogP contribution in [0, 0.1) is 0 Å². The molecule has 4 rings (SSSR count). The Kier molecular flexibility index (Phi) is 5.79. The molecule has 30 heavy (non-hydrogen) atoms. The molecule has 3 heterocycles. The summed E-state index contributed by atoms with van der Waals surface area (Å²) >= 11 is 0. The zero-order valence-electron chi connectivity index (χ0n) is 17.1. The van der Waals surface area contributed by atoms with Gasteiger partial charge >= 0.3 is 0 Å². The number of sulfonamides is 1. The summed E-state index contributed by atoms with van der Waals surface area (Å²) in [6.45, 7) is 2.57. The molecule has 1 spiro atoms. The molecule has 0 unspecified atom stereocenters. The topological polar surface area (TPSA) is 88.6 Å². The Morgan fingerprint density at radius 2 is 2.00 bits per heavy atom. The van der Waals surface area contributed by atoms with E-state index in [4.69, 9.17) is 4.74 Å². The molecule has 2 aliphatic heterocycles. The average Bonchev–Trinajstić information content (AvgIpc) is 2.74. The normalized spacial score (nSPS) is 20.9. The lowest BCUT2D eigenvalue weighted by atomic mass is 9.76. The number of aromatic nitrogens is 1. The first-order chi connectivity index (χ1) is 14.4. The molecule has 0 aliphatic carbocycles. The molecule has 1 aromatic carbocycles. The van der Waals surface area contributed by atoms with Crippen molar-refractivity contribution in [2.24, 2.45) is 0 Å². The Hall–Kier alpha value is -2.45. The predicted molar refractivity (Wildman–Crippen MR) is 115 cm³/mol. The van der Waals surface area contributed by atoms with Gasteiger partial charge in [0.05, 0.1) is 17.6 Å². The molecule has 7 nitrogen and oxygen atoms in total. The van der Waals surface area contributed by atoms with E-state index in [0.29, 0.717) is 44.5 Å². The Morgan fingerprint density at radius 3 is 2.70 bits per heavy atom. The van der Waals surface area contributed by atoms with Gasteiger partial charge in [-0.2, -0.15) is 0 Å². The Morgan fingerprint density at radius 1 is 1.23 bits per heavy atom. The van der Waals surface area contributed by atoms with Gasteiger partial charge in [0.25, 0.3) is 0 Å². The molecular formula is C22H27N3O4S. The van der Waals surface area contributed by atoms with Gasteiger partial charge in [-0.25, -0.2) is 12.7 Å². The number of nitrogens with one attached hydrogen (secondary N) is 1. The van der Waals surface area contributed by atoms with Crippen molar-refractivity contribution in [2.75, 3.05) is 24.2 Å². The van der Waals surface area contributed by atoms with Crippen LogP contribution < -0.4 is 10.1 Å². The van der Waals surface area contributed by atoms with E-state index >= 15 is 0 Å². The summed E-state index contributed by atoms with van der Waals surface area (Å²) in [7, 11) is -3.20. The van der Waals surface area contributed by atoms with Crippen LogP contribution >= 0.6 is 0 Å². The number of amides is 1. The highest BCUT2D eigenvalue weighted by atomic mass is 32.2. The van der Waals surface area contributed by atoms with Crippen molar-refractivity contribution >= 4 is 21.6 Å². The maximum Gasteiger partial charge on any atom is 0.225 e. The van der Waals surface area contributed by atoms with Crippen molar-refractivity contribution in [1.29, 1.82) is 0 Å². The highest BCUT2D eigenvalue weighted by Crippen LogP contribution is 2.46. The van der Waals surface area contributed by atoms with E-state index in [0.717, 1.165) is 11.3 Å². The van der Waals surface area contributed by atoms with E-state index in [1.54, 1.807) is 29.7 Å². The molecule has 0 bridgehead atoms. The zero-order valence-corrected chi connectivity index (χ0v) is 17.9. The van der Waals surface area contributed by atoms with Gasteiger partial charge in [-0.05, 0) is 37.1 Å². The first-order valence-corrected chi connectivity index (χ1v) is 12.0. The van der Waals surface area contributed by atoms with Crippen LogP contribution in [-0.2, 0) is 14.8 Å². The highest BCUT2D eigenvalue weighted by Gasteiger charge is 2.45. The molecule has 1 N–H and O–H groups in total. The number of ether oxygens (including phenoxy) is 1. The molecule has 2 aliphatic rings. The second kappa shape index (κ2) is 8.35. The summed E-state index contributed by atoms with van der Waals surface area (Å²) in [5.74, 6) is 0.863. The summed E-state index contributed by atoms with van der Waals surface area (Å²) in [5, 5.41) is 2.92. The van der Waals surface area contributed by atoms with Crippen LogP contribution in [0.5, 0.6) is 5.75 Å². The van der Waals surface area contributed by atoms with Crippen molar-refractivity contribution in [3.63, 3.8) is 0 Å². The third kappa shape index (κ3) is 4.34. The van der Waals surface area contributed by atoms with E-state index in [1.165, 1.54) is 0 Å². The number of carbonyl (C=O) groups excluding carboxylic acids is 1. The maximum atomic E-state index is 12.7. The van der Waals surface area contributed by atoms with Gasteiger partial charge < -0.3 is 10.1 Å². The van der Waals surface area contributed by atoms with Gasteiger partial charge in [-0.15, -0.1) is 0 Å². The van der Waals surface area contributed by atoms with Crippen molar-refractivity contribution in [1.82, 2.24) is 9.29 Å². The zero-order chi connectivity index (χ0) is 21.2. The highest BCUT2D eigenvalue weighted by molar-refractivity contribution is 7.89. The van der Waals surface area contributed by atoms with E-state index < -0.39 is 15.6 Å². The number of anilines is 1. The Balaban J connectivity index is 1.51. The van der Waals surface area contributed by atoms with Crippen molar-refractivity contribution in [2.45, 2.75) is 44.1 Å². The number of piperidine rings is 1. The maximum absolute atomic E-state index is 12.7. The molecule has 1 atom stereocenters. The van der Waals surface area contributed by atoms with Crippen LogP contribution in [0.1, 0.15) is 44.1 Å². The van der Waals surface area contributed by atoms with Gasteiger partial charge in [0, 0.05) is 44.5 Å². The number of carbonyl (C=O) groups is 1. The number of nitrogens with zero attached hydrogens (tertiary/aromatic N) is 2. The lowest BCUT2D eigenvalue weighted by molar-refractivity contribution is -0.117. The van der Waals surface area contributed by atoms with Crippen molar-refractivity contribution in [3.05, 3.63) is 54.4 Å². The lowest BCUT2D eigenvalue weighted by Gasteiger charge is -2.46. The molecule has 2 aromatic rings. The average molecular weight is 430 g/mol. The van der Waals surface area contributed by atoms with Crippen molar-refractivity contribution in [3.8, 4) is 5.75 Å². The molecule has 1 fully saturated rings. The fraction of sp³-hybridized carbons (Fsp3) is 0.455. The standard InChI is InChI=1S/C22H27N3O4S/c1-2-30(27,28)25-12-9-22(10-13-25)15-17(19-7-3-4-8-20(19)29-22)14-21(26)24-18-6-5-11-23-16-18/h3-8,11,16-17H,2,9-10,12-15H2,1H3,(H,24,26)/t17-/m0/s1. The second-order valence-corrected chi connectivity index (χ2v) is 10.3. The quantitative estimate of drug-likeness (QED) is 0.789. The monoisotopic (exact) mass is 429 g/mol. The molecule has 1 aromatic heterocycles. The molecule has 0 radical (unpaired) electrons. The minimum absolute atomic E-state index is 0.0148. The molecular weight excluding hydrogens is 402 g/mol. The van der Waals surface area contributed by atoms with Gasteiger partial charge in [0.15, 0.2) is 0 Å². The summed E-state index contributed by atoms with van der Waals surface area (Å²) < 4.78 is 32.5. The van der Waals surface area contributed by atoms with Crippen LogP contribution in [0.15, 0.2) is 48.8 Å². The van der Waals surface area contributed by atoms with Crippen LogP contribution in [0.3, 0.4) is 0 Å². The molecule has 8 heteroatoms. The number of rotatable bonds is 5. The number of benzene rings is 1. The fourth-order valence-corrected chi connectivity index (χ4v) is 5.56. The van der Waals surface area contributed by atoms with Crippen molar-refractivity contribution < 1.29 is 17.9 Å². The number of para-hydroxylation sites is 1.